The summed E-state index contributed by atoms with van der Waals surface area (Å²) in [5, 5.41) is 4.55. The minimum Gasteiger partial charge on any atom is -0.444 e. The van der Waals surface area contributed by atoms with Gasteiger partial charge in [0.1, 0.15) is 5.60 Å². The smallest absolute Gasteiger partial charge is 0.407 e. The minimum absolute atomic E-state index is 0.0933. The van der Waals surface area contributed by atoms with Crippen LogP contribution < -0.4 is 5.32 Å². The lowest BCUT2D eigenvalue weighted by Crippen LogP contribution is -2.35. The first-order chi connectivity index (χ1) is 11.3. The predicted octanol–water partition coefficient (Wildman–Crippen LogP) is 3.96. The van der Waals surface area contributed by atoms with Gasteiger partial charge in [-0.1, -0.05) is 30.3 Å². The number of amides is 1. The highest BCUT2D eigenvalue weighted by Crippen LogP contribution is 2.11. The molecule has 1 amide bonds. The Hall–Kier alpha value is -1.30. The summed E-state index contributed by atoms with van der Waals surface area (Å²) in [5.41, 5.74) is 0.637. The molecule has 0 saturated carbocycles. The summed E-state index contributed by atoms with van der Waals surface area (Å²) >= 11 is 6.04. The largest absolute Gasteiger partial charge is 0.444 e. The number of alkyl halides is 1. The quantitative estimate of drug-likeness (QED) is 0.413. The van der Waals surface area contributed by atoms with E-state index in [0.717, 1.165) is 18.4 Å². The number of carbonyl (C=O) groups excluding carboxylic acids is 1. The first-order valence-electron chi connectivity index (χ1n) is 8.24. The molecular formula is C18H29ClN2O3. The molecule has 1 rings (SSSR count). The van der Waals surface area contributed by atoms with Crippen molar-refractivity contribution in [3.63, 3.8) is 0 Å². The molecule has 0 fully saturated rings. The maximum absolute atomic E-state index is 11.6. The molecule has 0 bridgehead atoms. The lowest BCUT2D eigenvalue weighted by Gasteiger charge is -2.26. The summed E-state index contributed by atoms with van der Waals surface area (Å²) in [4.78, 5) is 17.3. The fourth-order valence-electron chi connectivity index (χ4n) is 2.05. The number of ether oxygens (including phenoxy) is 1. The molecule has 0 heterocycles. The van der Waals surface area contributed by atoms with Gasteiger partial charge in [0.15, 0.2) is 0 Å². The van der Waals surface area contributed by atoms with Gasteiger partial charge in [0, 0.05) is 25.5 Å². The fourth-order valence-corrected chi connectivity index (χ4v) is 2.40. The van der Waals surface area contributed by atoms with E-state index < -0.39 is 11.7 Å². The first kappa shape index (κ1) is 20.7. The maximum Gasteiger partial charge on any atom is 0.407 e. The number of alkyl carbamates (subject to hydrolysis) is 1. The molecule has 1 aromatic rings. The zero-order valence-corrected chi connectivity index (χ0v) is 15.8. The zero-order chi connectivity index (χ0) is 18.0. The van der Waals surface area contributed by atoms with Crippen LogP contribution in [0.4, 0.5) is 4.79 Å². The van der Waals surface area contributed by atoms with Gasteiger partial charge in [-0.15, -0.1) is 11.6 Å². The molecule has 0 aliphatic rings. The molecule has 0 radical (unpaired) electrons. The highest BCUT2D eigenvalue weighted by molar-refractivity contribution is 6.18. The number of nitrogens with one attached hydrogen (secondary N) is 1. The number of hydrogen-bond donors (Lipinski definition) is 1. The Bertz CT molecular complexity index is 477. The van der Waals surface area contributed by atoms with Gasteiger partial charge >= 0.3 is 6.09 Å². The van der Waals surface area contributed by atoms with Gasteiger partial charge in [-0.2, -0.15) is 5.06 Å². The van der Waals surface area contributed by atoms with Crippen LogP contribution in [0.5, 0.6) is 0 Å². The summed E-state index contributed by atoms with van der Waals surface area (Å²) < 4.78 is 5.19. The van der Waals surface area contributed by atoms with Crippen LogP contribution in [0.2, 0.25) is 0 Å². The van der Waals surface area contributed by atoms with Gasteiger partial charge < -0.3 is 10.1 Å². The van der Waals surface area contributed by atoms with Crippen LogP contribution in [0.25, 0.3) is 0 Å². The monoisotopic (exact) mass is 356 g/mol. The van der Waals surface area contributed by atoms with Crippen molar-refractivity contribution in [2.75, 3.05) is 19.5 Å². The molecule has 0 spiro atoms. The van der Waals surface area contributed by atoms with Crippen molar-refractivity contribution in [3.05, 3.63) is 35.9 Å². The number of rotatable bonds is 9. The lowest BCUT2D eigenvalue weighted by molar-refractivity contribution is -0.174. The van der Waals surface area contributed by atoms with Crippen molar-refractivity contribution in [1.82, 2.24) is 10.4 Å². The van der Waals surface area contributed by atoms with Crippen LogP contribution in [0, 0.1) is 0 Å². The van der Waals surface area contributed by atoms with E-state index in [4.69, 9.17) is 21.2 Å². The molecule has 0 aliphatic carbocycles. The Morgan fingerprint density at radius 2 is 1.96 bits per heavy atom. The van der Waals surface area contributed by atoms with Crippen molar-refractivity contribution in [2.24, 2.45) is 0 Å². The van der Waals surface area contributed by atoms with Crippen LogP contribution in [0.15, 0.2) is 30.3 Å². The van der Waals surface area contributed by atoms with Gasteiger partial charge in [0.05, 0.1) is 6.61 Å². The molecular weight excluding hydrogens is 328 g/mol. The molecule has 1 N–H and O–H groups in total. The maximum atomic E-state index is 11.6. The van der Waals surface area contributed by atoms with Crippen LogP contribution in [0.3, 0.4) is 0 Å². The number of halogens is 1. The molecule has 5 nitrogen and oxygen atoms in total. The van der Waals surface area contributed by atoms with Crippen LogP contribution in [-0.4, -0.2) is 42.3 Å². The number of benzene rings is 1. The second kappa shape index (κ2) is 10.5. The molecule has 1 aromatic carbocycles. The molecule has 1 atom stereocenters. The van der Waals surface area contributed by atoms with Crippen LogP contribution in [0.1, 0.15) is 39.2 Å². The van der Waals surface area contributed by atoms with Crippen LogP contribution >= 0.6 is 11.6 Å². The Kier molecular flexibility index (Phi) is 9.11. The molecule has 6 heteroatoms. The number of hydroxylamine groups is 2. The fraction of sp³-hybridized carbons (Fsp3) is 0.611. The number of hydrogen-bond acceptors (Lipinski definition) is 4. The Labute approximate surface area is 150 Å². The third-order valence-corrected chi connectivity index (χ3v) is 3.71. The standard InChI is InChI=1S/C18H29ClN2O3/c1-18(2,3)24-17(22)20-12-8-11-16(13-19)21(4)23-14-15-9-6-5-7-10-15/h5-7,9-10,16H,8,11-14H2,1-4H3,(H,20,22). The van der Waals surface area contributed by atoms with Crippen molar-refractivity contribution in [3.8, 4) is 0 Å². The number of nitrogens with zero attached hydrogens (tertiary/aromatic N) is 1. The molecule has 136 valence electrons. The topological polar surface area (TPSA) is 50.8 Å². The normalized spacial score (nSPS) is 12.9. The van der Waals surface area contributed by atoms with E-state index in [1.807, 2.05) is 58.2 Å². The highest BCUT2D eigenvalue weighted by Gasteiger charge is 2.17. The molecule has 1 unspecified atom stereocenters. The van der Waals surface area contributed by atoms with E-state index in [2.05, 4.69) is 5.32 Å². The zero-order valence-electron chi connectivity index (χ0n) is 15.0. The van der Waals surface area contributed by atoms with E-state index in [1.165, 1.54) is 0 Å². The summed E-state index contributed by atoms with van der Waals surface area (Å²) in [6.45, 7) is 6.59. The first-order valence-corrected chi connectivity index (χ1v) is 8.78. The molecule has 24 heavy (non-hydrogen) atoms. The third-order valence-electron chi connectivity index (χ3n) is 3.35. The second-order valence-corrected chi connectivity index (χ2v) is 6.99. The Morgan fingerprint density at radius 1 is 1.29 bits per heavy atom. The van der Waals surface area contributed by atoms with Gasteiger partial charge in [0.2, 0.25) is 0 Å². The summed E-state index contributed by atoms with van der Waals surface area (Å²) in [6, 6.07) is 10.1. The van der Waals surface area contributed by atoms with Gasteiger partial charge in [-0.25, -0.2) is 4.79 Å². The van der Waals surface area contributed by atoms with E-state index in [-0.39, 0.29) is 6.04 Å². The number of carbonyl (C=O) groups is 1. The minimum atomic E-state index is -0.478. The average molecular weight is 357 g/mol. The average Bonchev–Trinajstić information content (AvgIpc) is 2.52. The molecule has 0 aliphatic heterocycles. The molecule has 0 aromatic heterocycles. The summed E-state index contributed by atoms with van der Waals surface area (Å²) in [7, 11) is 1.89. The van der Waals surface area contributed by atoms with Crippen molar-refractivity contribution >= 4 is 17.7 Å². The van der Waals surface area contributed by atoms with Crippen LogP contribution in [-0.2, 0) is 16.2 Å². The van der Waals surface area contributed by atoms with E-state index in [1.54, 1.807) is 5.06 Å². The highest BCUT2D eigenvalue weighted by atomic mass is 35.5. The lowest BCUT2D eigenvalue weighted by atomic mass is 10.2. The van der Waals surface area contributed by atoms with E-state index in [0.29, 0.717) is 19.0 Å². The molecule has 0 saturated heterocycles. The van der Waals surface area contributed by atoms with Gasteiger partial charge in [-0.3, -0.25) is 4.84 Å². The van der Waals surface area contributed by atoms with Crippen molar-refractivity contribution < 1.29 is 14.4 Å². The summed E-state index contributed by atoms with van der Waals surface area (Å²) in [5.74, 6) is 0.470. The van der Waals surface area contributed by atoms with E-state index >= 15 is 0 Å². The van der Waals surface area contributed by atoms with Gasteiger partial charge in [-0.05, 0) is 39.2 Å². The van der Waals surface area contributed by atoms with Crippen molar-refractivity contribution in [2.45, 2.75) is 51.9 Å². The summed E-state index contributed by atoms with van der Waals surface area (Å²) in [6.07, 6.45) is 1.24. The van der Waals surface area contributed by atoms with Gasteiger partial charge in [0.25, 0.3) is 0 Å². The third kappa shape index (κ3) is 9.11. The SMILES string of the molecule is CN(OCc1ccccc1)C(CCl)CCCNC(=O)OC(C)(C)C. The Morgan fingerprint density at radius 3 is 2.54 bits per heavy atom. The second-order valence-electron chi connectivity index (χ2n) is 6.68. The van der Waals surface area contributed by atoms with Crippen molar-refractivity contribution in [1.29, 1.82) is 0 Å². The Balaban J connectivity index is 2.24. The predicted molar refractivity (Wildman–Crippen MR) is 97.0 cm³/mol. The van der Waals surface area contributed by atoms with E-state index in [9.17, 15) is 4.79 Å².